The highest BCUT2D eigenvalue weighted by molar-refractivity contribution is 7.91. The van der Waals surface area contributed by atoms with E-state index in [1.807, 2.05) is 0 Å². The fourth-order valence-corrected chi connectivity index (χ4v) is 3.88. The predicted molar refractivity (Wildman–Crippen MR) is 97.2 cm³/mol. The number of carbonyl (C=O) groups is 1. The molecule has 8 heteroatoms. The Bertz CT molecular complexity index is 787. The molecule has 25 heavy (non-hydrogen) atoms. The first-order valence-electron chi connectivity index (χ1n) is 8.29. The summed E-state index contributed by atoms with van der Waals surface area (Å²) in [6, 6.07) is 2.66. The summed E-state index contributed by atoms with van der Waals surface area (Å²) in [6.45, 7) is 5.45. The Labute approximate surface area is 148 Å². The number of hydrogen-bond donors (Lipinski definition) is 2. The standard InChI is InChI=1S/C17H25N3O4S/c1-4-20-8-6-7-12(20)11-19-17(21)13-9-16(25(22,23)5-2)14(18)10-15(13)24-3/h9-11H,4-8,18H2,1-3H3,(H,19,21)/b12-11+. The van der Waals surface area contributed by atoms with E-state index in [0.717, 1.165) is 31.6 Å². The van der Waals surface area contributed by atoms with Gasteiger partial charge in [-0.15, -0.1) is 0 Å². The van der Waals surface area contributed by atoms with Gasteiger partial charge in [0, 0.05) is 31.1 Å². The number of ether oxygens (including phenoxy) is 1. The van der Waals surface area contributed by atoms with Gasteiger partial charge in [-0.1, -0.05) is 6.92 Å². The van der Waals surface area contributed by atoms with Gasteiger partial charge in [-0.05, 0) is 25.8 Å². The third-order valence-corrected chi connectivity index (χ3v) is 6.09. The number of nitrogens with two attached hydrogens (primary N) is 1. The lowest BCUT2D eigenvalue weighted by Crippen LogP contribution is -2.23. The molecule has 0 radical (unpaired) electrons. The van der Waals surface area contributed by atoms with E-state index in [1.54, 1.807) is 6.20 Å². The molecule has 0 bridgehead atoms. The van der Waals surface area contributed by atoms with Gasteiger partial charge in [-0.25, -0.2) is 8.42 Å². The SMILES string of the molecule is CCN1CCC/C1=C\NC(=O)c1cc(S(=O)(=O)CC)c(N)cc1OC. The van der Waals surface area contributed by atoms with Gasteiger partial charge >= 0.3 is 0 Å². The van der Waals surface area contributed by atoms with Crippen LogP contribution in [0.4, 0.5) is 5.69 Å². The van der Waals surface area contributed by atoms with Crippen molar-refractivity contribution in [3.8, 4) is 5.75 Å². The molecule has 0 unspecified atom stereocenters. The largest absolute Gasteiger partial charge is 0.496 e. The summed E-state index contributed by atoms with van der Waals surface area (Å²) in [5, 5.41) is 2.74. The maximum Gasteiger partial charge on any atom is 0.259 e. The van der Waals surface area contributed by atoms with E-state index in [1.165, 1.54) is 26.2 Å². The molecule has 0 atom stereocenters. The number of likely N-dealkylation sites (tertiary alicyclic amines) is 1. The Morgan fingerprint density at radius 1 is 1.40 bits per heavy atom. The molecule has 0 aromatic heterocycles. The summed E-state index contributed by atoms with van der Waals surface area (Å²) in [4.78, 5) is 14.7. The van der Waals surface area contributed by atoms with Crippen LogP contribution in [-0.2, 0) is 9.84 Å². The minimum Gasteiger partial charge on any atom is -0.496 e. The Balaban J connectivity index is 2.35. The zero-order chi connectivity index (χ0) is 18.6. The number of methoxy groups -OCH3 is 1. The summed E-state index contributed by atoms with van der Waals surface area (Å²) in [7, 11) is -2.13. The number of sulfone groups is 1. The van der Waals surface area contributed by atoms with Crippen LogP contribution in [0.3, 0.4) is 0 Å². The van der Waals surface area contributed by atoms with Crippen molar-refractivity contribution in [2.45, 2.75) is 31.6 Å². The van der Waals surface area contributed by atoms with Crippen LogP contribution in [0.1, 0.15) is 37.0 Å². The second kappa shape index (κ2) is 7.77. The van der Waals surface area contributed by atoms with E-state index in [2.05, 4.69) is 17.1 Å². The maximum atomic E-state index is 12.6. The topological polar surface area (TPSA) is 102 Å². The average molecular weight is 367 g/mol. The Kier molecular flexibility index (Phi) is 5.94. The predicted octanol–water partition coefficient (Wildman–Crippen LogP) is 1.76. The zero-order valence-electron chi connectivity index (χ0n) is 14.8. The van der Waals surface area contributed by atoms with Crippen LogP contribution in [0.15, 0.2) is 28.9 Å². The highest BCUT2D eigenvalue weighted by Crippen LogP contribution is 2.29. The number of allylic oxidation sites excluding steroid dienone is 1. The molecule has 1 aliphatic heterocycles. The second-order valence-electron chi connectivity index (χ2n) is 5.79. The molecule has 3 N–H and O–H groups in total. The van der Waals surface area contributed by atoms with E-state index in [-0.39, 0.29) is 27.6 Å². The lowest BCUT2D eigenvalue weighted by molar-refractivity contribution is 0.0966. The van der Waals surface area contributed by atoms with E-state index in [0.29, 0.717) is 0 Å². The van der Waals surface area contributed by atoms with Crippen LogP contribution in [0, 0.1) is 0 Å². The van der Waals surface area contributed by atoms with Crippen LogP contribution in [0.25, 0.3) is 0 Å². The molecule has 1 aliphatic rings. The summed E-state index contributed by atoms with van der Waals surface area (Å²) >= 11 is 0. The van der Waals surface area contributed by atoms with Crippen molar-refractivity contribution in [1.29, 1.82) is 0 Å². The molecule has 1 fully saturated rings. The van der Waals surface area contributed by atoms with Gasteiger partial charge in [0.1, 0.15) is 5.75 Å². The normalized spacial score (nSPS) is 16.3. The van der Waals surface area contributed by atoms with Crippen molar-refractivity contribution in [3.05, 3.63) is 29.6 Å². The lowest BCUT2D eigenvalue weighted by atomic mass is 10.1. The van der Waals surface area contributed by atoms with Gasteiger partial charge in [0.15, 0.2) is 9.84 Å². The fourth-order valence-electron chi connectivity index (χ4n) is 2.85. The van der Waals surface area contributed by atoms with Crippen LogP contribution in [0.5, 0.6) is 5.75 Å². The van der Waals surface area contributed by atoms with Crippen molar-refractivity contribution in [3.63, 3.8) is 0 Å². The zero-order valence-corrected chi connectivity index (χ0v) is 15.6. The number of nitrogens with zero attached hydrogens (tertiary/aromatic N) is 1. The van der Waals surface area contributed by atoms with Crippen LogP contribution in [0.2, 0.25) is 0 Å². The maximum absolute atomic E-state index is 12.6. The van der Waals surface area contributed by atoms with Crippen LogP contribution >= 0.6 is 0 Å². The monoisotopic (exact) mass is 367 g/mol. The van der Waals surface area contributed by atoms with E-state index < -0.39 is 15.7 Å². The number of nitrogen functional groups attached to an aromatic ring is 1. The van der Waals surface area contributed by atoms with Crippen molar-refractivity contribution < 1.29 is 17.9 Å². The quantitative estimate of drug-likeness (QED) is 0.743. The molecule has 138 valence electrons. The first kappa shape index (κ1) is 19.1. The number of benzene rings is 1. The minimum atomic E-state index is -3.54. The van der Waals surface area contributed by atoms with Gasteiger partial charge in [-0.3, -0.25) is 4.79 Å². The highest BCUT2D eigenvalue weighted by Gasteiger charge is 2.22. The summed E-state index contributed by atoms with van der Waals surface area (Å²) in [5.74, 6) is -0.290. The molecule has 2 rings (SSSR count). The smallest absolute Gasteiger partial charge is 0.259 e. The highest BCUT2D eigenvalue weighted by atomic mass is 32.2. The molecular weight excluding hydrogens is 342 g/mol. The van der Waals surface area contributed by atoms with Crippen molar-refractivity contribution in [1.82, 2.24) is 10.2 Å². The summed E-state index contributed by atoms with van der Waals surface area (Å²) < 4.78 is 29.5. The number of rotatable bonds is 6. The average Bonchev–Trinajstić information content (AvgIpc) is 3.06. The molecule has 7 nitrogen and oxygen atoms in total. The number of amides is 1. The molecule has 0 spiro atoms. The van der Waals surface area contributed by atoms with E-state index in [4.69, 9.17) is 10.5 Å². The third-order valence-electron chi connectivity index (χ3n) is 4.31. The number of carbonyl (C=O) groups excluding carboxylic acids is 1. The summed E-state index contributed by atoms with van der Waals surface area (Å²) in [6.07, 6.45) is 3.64. The van der Waals surface area contributed by atoms with Crippen molar-refractivity contribution in [2.75, 3.05) is 31.7 Å². The van der Waals surface area contributed by atoms with E-state index >= 15 is 0 Å². The van der Waals surface area contributed by atoms with Crippen molar-refractivity contribution in [2.24, 2.45) is 0 Å². The molecule has 0 aliphatic carbocycles. The van der Waals surface area contributed by atoms with Gasteiger partial charge in [0.2, 0.25) is 0 Å². The third kappa shape index (κ3) is 4.07. The van der Waals surface area contributed by atoms with Gasteiger partial charge in [0.25, 0.3) is 5.91 Å². The molecular formula is C17H25N3O4S. The molecule has 0 saturated carbocycles. The second-order valence-corrected chi connectivity index (χ2v) is 8.03. The van der Waals surface area contributed by atoms with E-state index in [9.17, 15) is 13.2 Å². The molecule has 1 aromatic carbocycles. The Morgan fingerprint density at radius 3 is 2.72 bits per heavy atom. The fraction of sp³-hybridized carbons (Fsp3) is 0.471. The molecule has 1 saturated heterocycles. The van der Waals surface area contributed by atoms with Crippen LogP contribution in [-0.4, -0.2) is 45.2 Å². The van der Waals surface area contributed by atoms with Gasteiger partial charge < -0.3 is 20.7 Å². The Hall–Kier alpha value is -2.22. The Morgan fingerprint density at radius 2 is 2.12 bits per heavy atom. The first-order chi connectivity index (χ1) is 11.8. The van der Waals surface area contributed by atoms with Crippen molar-refractivity contribution >= 4 is 21.4 Å². The molecule has 1 aromatic rings. The number of hydrogen-bond acceptors (Lipinski definition) is 6. The number of anilines is 1. The first-order valence-corrected chi connectivity index (χ1v) is 9.94. The molecule has 1 heterocycles. The van der Waals surface area contributed by atoms with Gasteiger partial charge in [0.05, 0.1) is 29.0 Å². The van der Waals surface area contributed by atoms with Gasteiger partial charge in [-0.2, -0.15) is 0 Å². The summed E-state index contributed by atoms with van der Waals surface area (Å²) in [5.41, 5.74) is 7.10. The number of nitrogens with one attached hydrogen (secondary N) is 1. The van der Waals surface area contributed by atoms with Crippen LogP contribution < -0.4 is 15.8 Å². The minimum absolute atomic E-state index is 0.0512. The molecule has 1 amide bonds. The lowest BCUT2D eigenvalue weighted by Gasteiger charge is -2.17.